The lowest BCUT2D eigenvalue weighted by Gasteiger charge is -2.38. The molecule has 0 aliphatic carbocycles. The number of fused-ring (bicyclic) bond motifs is 2. The van der Waals surface area contributed by atoms with Gasteiger partial charge in [0.05, 0.1) is 12.7 Å². The highest BCUT2D eigenvalue weighted by atomic mass is 16.5. The van der Waals surface area contributed by atoms with Crippen LogP contribution >= 0.6 is 0 Å². The normalized spacial score (nSPS) is 21.7. The molecular weight excluding hydrogens is 376 g/mol. The maximum absolute atomic E-state index is 13.1. The number of hydrogen-bond acceptors (Lipinski definition) is 5. The van der Waals surface area contributed by atoms with Crippen LogP contribution in [0.4, 0.5) is 5.82 Å². The van der Waals surface area contributed by atoms with Crippen LogP contribution in [0, 0.1) is 13.8 Å². The van der Waals surface area contributed by atoms with E-state index in [2.05, 4.69) is 42.8 Å². The third-order valence-corrected chi connectivity index (χ3v) is 6.94. The van der Waals surface area contributed by atoms with Gasteiger partial charge in [0.2, 0.25) is 0 Å². The Kier molecular flexibility index (Phi) is 5.45. The third-order valence-electron chi connectivity index (χ3n) is 6.94. The van der Waals surface area contributed by atoms with Crippen LogP contribution in [0.2, 0.25) is 0 Å². The Hall–Kier alpha value is -2.60. The molecule has 30 heavy (non-hydrogen) atoms. The molecule has 2 aliphatic heterocycles. The molecule has 2 fully saturated rings. The van der Waals surface area contributed by atoms with Gasteiger partial charge in [-0.3, -0.25) is 9.69 Å². The highest BCUT2D eigenvalue weighted by Gasteiger charge is 2.47. The first-order chi connectivity index (χ1) is 14.3. The number of likely N-dealkylation sites (tertiary alicyclic amines) is 2. The average molecular weight is 409 g/mol. The van der Waals surface area contributed by atoms with Gasteiger partial charge in [-0.1, -0.05) is 6.07 Å². The molecule has 6 nitrogen and oxygen atoms in total. The van der Waals surface area contributed by atoms with Crippen molar-refractivity contribution in [1.29, 1.82) is 0 Å². The van der Waals surface area contributed by atoms with E-state index in [4.69, 9.17) is 4.74 Å². The number of piperazine rings is 1. The first-order valence-electron chi connectivity index (χ1n) is 10.7. The number of anilines is 1. The zero-order valence-corrected chi connectivity index (χ0v) is 18.8. The smallest absolute Gasteiger partial charge is 0.255 e. The van der Waals surface area contributed by atoms with Crippen molar-refractivity contribution in [1.82, 2.24) is 14.8 Å². The zero-order valence-electron chi connectivity index (χ0n) is 18.8. The minimum absolute atomic E-state index is 0.101. The van der Waals surface area contributed by atoms with Crippen LogP contribution in [-0.4, -0.2) is 67.1 Å². The number of amides is 1. The molecule has 2 bridgehead atoms. The van der Waals surface area contributed by atoms with Crippen LogP contribution in [0.3, 0.4) is 0 Å². The summed E-state index contributed by atoms with van der Waals surface area (Å²) >= 11 is 0. The lowest BCUT2D eigenvalue weighted by atomic mass is 9.96. The van der Waals surface area contributed by atoms with E-state index in [1.54, 1.807) is 13.3 Å². The van der Waals surface area contributed by atoms with Crippen LogP contribution in [0.15, 0.2) is 30.5 Å². The fraction of sp³-hybridized carbons (Fsp3) is 0.500. The Labute approximate surface area is 179 Å². The molecule has 160 valence electrons. The number of nitrogens with zero attached hydrogens (tertiary/aromatic N) is 4. The molecular formula is C24H32N4O2. The maximum Gasteiger partial charge on any atom is 0.255 e. The predicted molar refractivity (Wildman–Crippen MR) is 119 cm³/mol. The summed E-state index contributed by atoms with van der Waals surface area (Å²) in [6.07, 6.45) is 2.75. The number of benzene rings is 1. The largest absolute Gasteiger partial charge is 0.496 e. The molecule has 4 rings (SSSR count). The van der Waals surface area contributed by atoms with Gasteiger partial charge in [-0.15, -0.1) is 0 Å². The summed E-state index contributed by atoms with van der Waals surface area (Å²) < 4.78 is 5.47. The van der Waals surface area contributed by atoms with Crippen molar-refractivity contribution in [3.8, 4) is 5.75 Å². The van der Waals surface area contributed by atoms with Gasteiger partial charge in [0, 0.05) is 51.5 Å². The van der Waals surface area contributed by atoms with E-state index in [-0.39, 0.29) is 11.9 Å². The number of aromatic nitrogens is 1. The molecule has 0 radical (unpaired) electrons. The van der Waals surface area contributed by atoms with Crippen molar-refractivity contribution in [3.05, 3.63) is 52.7 Å². The number of rotatable bonds is 5. The quantitative estimate of drug-likeness (QED) is 0.759. The van der Waals surface area contributed by atoms with E-state index in [0.717, 1.165) is 31.1 Å². The second kappa shape index (κ2) is 7.91. The Bertz CT molecular complexity index is 941. The Morgan fingerprint density at radius 3 is 2.47 bits per heavy atom. The van der Waals surface area contributed by atoms with E-state index in [0.29, 0.717) is 17.6 Å². The summed E-state index contributed by atoms with van der Waals surface area (Å²) in [6, 6.07) is 9.07. The van der Waals surface area contributed by atoms with Crippen molar-refractivity contribution in [2.45, 2.75) is 45.3 Å². The summed E-state index contributed by atoms with van der Waals surface area (Å²) in [5, 5.41) is 0. The molecule has 3 heterocycles. The zero-order chi connectivity index (χ0) is 21.6. The van der Waals surface area contributed by atoms with E-state index < -0.39 is 0 Å². The summed E-state index contributed by atoms with van der Waals surface area (Å²) in [4.78, 5) is 24.0. The van der Waals surface area contributed by atoms with Crippen LogP contribution in [0.25, 0.3) is 0 Å². The molecule has 0 N–H and O–H groups in total. The molecule has 6 heteroatoms. The number of hydrogen-bond donors (Lipinski definition) is 0. The van der Waals surface area contributed by atoms with Gasteiger partial charge in [-0.25, -0.2) is 4.98 Å². The number of pyridine rings is 1. The maximum atomic E-state index is 13.1. The SMILES string of the molecule is COc1ccc([C@H](C)N2C[C@H]3C[C@@H]2CN3C(=O)c2ccc(N(C)C)nc2)c(C)c1C. The lowest BCUT2D eigenvalue weighted by molar-refractivity contribution is 0.0568. The topological polar surface area (TPSA) is 48.9 Å². The van der Waals surface area contributed by atoms with E-state index in [1.807, 2.05) is 36.0 Å². The van der Waals surface area contributed by atoms with E-state index >= 15 is 0 Å². The number of carbonyl (C=O) groups is 1. The minimum Gasteiger partial charge on any atom is -0.496 e. The van der Waals surface area contributed by atoms with Crippen LogP contribution in [-0.2, 0) is 0 Å². The first kappa shape index (κ1) is 20.7. The van der Waals surface area contributed by atoms with Gasteiger partial charge >= 0.3 is 0 Å². The van der Waals surface area contributed by atoms with Crippen LogP contribution in [0.1, 0.15) is 46.4 Å². The highest BCUT2D eigenvalue weighted by Crippen LogP contribution is 2.39. The van der Waals surface area contributed by atoms with Gasteiger partial charge in [0.15, 0.2) is 0 Å². The molecule has 3 atom stereocenters. The van der Waals surface area contributed by atoms with Gasteiger partial charge in [-0.2, -0.15) is 0 Å². The highest BCUT2D eigenvalue weighted by molar-refractivity contribution is 5.94. The van der Waals surface area contributed by atoms with E-state index in [1.165, 1.54) is 16.7 Å². The molecule has 1 aromatic heterocycles. The molecule has 1 aromatic carbocycles. The fourth-order valence-corrected chi connectivity index (χ4v) is 5.03. The predicted octanol–water partition coefficient (Wildman–Crippen LogP) is 3.43. The Balaban J connectivity index is 1.46. The van der Waals surface area contributed by atoms with E-state index in [9.17, 15) is 4.79 Å². The minimum atomic E-state index is 0.101. The average Bonchev–Trinajstić information content (AvgIpc) is 3.36. The summed E-state index contributed by atoms with van der Waals surface area (Å²) in [7, 11) is 5.62. The molecule has 0 spiro atoms. The van der Waals surface area contributed by atoms with Gasteiger partial charge in [0.25, 0.3) is 5.91 Å². The molecule has 1 amide bonds. The monoisotopic (exact) mass is 408 g/mol. The number of methoxy groups -OCH3 is 1. The van der Waals surface area contributed by atoms with Gasteiger partial charge in [-0.05, 0) is 62.1 Å². The molecule has 2 aromatic rings. The van der Waals surface area contributed by atoms with Crippen LogP contribution < -0.4 is 9.64 Å². The van der Waals surface area contributed by atoms with Gasteiger partial charge < -0.3 is 14.5 Å². The Morgan fingerprint density at radius 1 is 1.13 bits per heavy atom. The number of carbonyl (C=O) groups excluding carboxylic acids is 1. The second-order valence-corrected chi connectivity index (χ2v) is 8.78. The molecule has 0 saturated carbocycles. The van der Waals surface area contributed by atoms with Crippen molar-refractivity contribution in [3.63, 3.8) is 0 Å². The Morgan fingerprint density at radius 2 is 1.90 bits per heavy atom. The second-order valence-electron chi connectivity index (χ2n) is 8.78. The third kappa shape index (κ3) is 3.43. The molecule has 2 saturated heterocycles. The molecule has 2 aliphatic rings. The summed E-state index contributed by atoms with van der Waals surface area (Å²) in [5.74, 6) is 1.90. The standard InChI is InChI=1S/C24H32N4O2/c1-15-16(2)22(30-6)9-8-21(15)17(3)27-13-20-11-19(27)14-28(20)24(29)18-7-10-23(25-12-18)26(4)5/h7-10,12,17,19-20H,11,13-14H2,1-6H3/t17-,19+,20+/m0/s1. The summed E-state index contributed by atoms with van der Waals surface area (Å²) in [6.45, 7) is 8.29. The van der Waals surface area contributed by atoms with Gasteiger partial charge in [0.1, 0.15) is 11.6 Å². The van der Waals surface area contributed by atoms with Crippen molar-refractivity contribution in [2.75, 3.05) is 39.2 Å². The summed E-state index contributed by atoms with van der Waals surface area (Å²) in [5.41, 5.74) is 4.53. The molecule has 0 unspecified atom stereocenters. The van der Waals surface area contributed by atoms with Crippen molar-refractivity contribution < 1.29 is 9.53 Å². The first-order valence-corrected chi connectivity index (χ1v) is 10.7. The van der Waals surface area contributed by atoms with Crippen LogP contribution in [0.5, 0.6) is 5.75 Å². The number of ether oxygens (including phenoxy) is 1. The lowest BCUT2D eigenvalue weighted by Crippen LogP contribution is -2.49. The van der Waals surface area contributed by atoms with Crippen molar-refractivity contribution in [2.24, 2.45) is 0 Å². The van der Waals surface area contributed by atoms with Crippen molar-refractivity contribution >= 4 is 11.7 Å². The fourth-order valence-electron chi connectivity index (χ4n) is 5.03.